The number of nitrogens with zero attached hydrogens (tertiary/aromatic N) is 1. The quantitative estimate of drug-likeness (QED) is 0.791. The molecule has 19 heavy (non-hydrogen) atoms. The van der Waals surface area contributed by atoms with Crippen LogP contribution in [-0.2, 0) is 17.6 Å². The van der Waals surface area contributed by atoms with Crippen molar-refractivity contribution in [3.8, 4) is 0 Å². The van der Waals surface area contributed by atoms with E-state index in [1.54, 1.807) is 11.3 Å². The number of carbonyl (C=O) groups excluding carboxylic acids is 1. The number of carbonyl (C=O) groups is 1. The molecule has 0 spiro atoms. The standard InChI is InChI=1S/C15H21NO2S/c1-10-7-16(8-11(2)18-10)15(17)13-9-19-14-6-4-3-5-12(13)14/h9-11H,3-8H2,1-2H3/t10-,11-/m0/s1. The summed E-state index contributed by atoms with van der Waals surface area (Å²) in [5.74, 6) is 0.210. The van der Waals surface area contributed by atoms with Crippen LogP contribution in [0.15, 0.2) is 5.38 Å². The van der Waals surface area contributed by atoms with E-state index in [0.717, 1.165) is 18.4 Å². The van der Waals surface area contributed by atoms with Crippen molar-refractivity contribution < 1.29 is 9.53 Å². The zero-order valence-corrected chi connectivity index (χ0v) is 12.5. The molecular weight excluding hydrogens is 258 g/mol. The molecule has 1 amide bonds. The number of thiophene rings is 1. The number of aryl methyl sites for hydroxylation is 1. The molecule has 104 valence electrons. The van der Waals surface area contributed by atoms with Gasteiger partial charge < -0.3 is 9.64 Å². The van der Waals surface area contributed by atoms with E-state index in [2.05, 4.69) is 5.38 Å². The summed E-state index contributed by atoms with van der Waals surface area (Å²) in [6.07, 6.45) is 5.01. The average molecular weight is 279 g/mol. The van der Waals surface area contributed by atoms with E-state index >= 15 is 0 Å². The molecule has 4 heteroatoms. The van der Waals surface area contributed by atoms with Gasteiger partial charge in [0, 0.05) is 23.3 Å². The number of fused-ring (bicyclic) bond motifs is 1. The van der Waals surface area contributed by atoms with Gasteiger partial charge in [-0.25, -0.2) is 0 Å². The van der Waals surface area contributed by atoms with Crippen LogP contribution < -0.4 is 0 Å². The van der Waals surface area contributed by atoms with Gasteiger partial charge in [-0.2, -0.15) is 0 Å². The van der Waals surface area contributed by atoms with Crippen LogP contribution in [0.25, 0.3) is 0 Å². The summed E-state index contributed by atoms with van der Waals surface area (Å²) < 4.78 is 5.71. The largest absolute Gasteiger partial charge is 0.372 e. The fourth-order valence-electron chi connectivity index (χ4n) is 3.19. The van der Waals surface area contributed by atoms with Crippen LogP contribution in [0.3, 0.4) is 0 Å². The Labute approximate surface area is 118 Å². The predicted molar refractivity (Wildman–Crippen MR) is 76.9 cm³/mol. The predicted octanol–water partition coefficient (Wildman–Crippen LogP) is 2.88. The first-order valence-corrected chi connectivity index (χ1v) is 8.07. The van der Waals surface area contributed by atoms with Crippen molar-refractivity contribution in [3.63, 3.8) is 0 Å². The SMILES string of the molecule is C[C@H]1CN(C(=O)c2csc3c2CCCC3)C[C@H](C)O1. The normalized spacial score (nSPS) is 27.2. The Hall–Kier alpha value is -0.870. The number of rotatable bonds is 1. The van der Waals surface area contributed by atoms with E-state index in [-0.39, 0.29) is 18.1 Å². The van der Waals surface area contributed by atoms with Gasteiger partial charge >= 0.3 is 0 Å². The van der Waals surface area contributed by atoms with Gasteiger partial charge in [0.05, 0.1) is 17.8 Å². The zero-order chi connectivity index (χ0) is 13.4. The number of ether oxygens (including phenoxy) is 1. The monoisotopic (exact) mass is 279 g/mol. The van der Waals surface area contributed by atoms with E-state index in [4.69, 9.17) is 4.74 Å². The minimum absolute atomic E-state index is 0.141. The van der Waals surface area contributed by atoms with Gasteiger partial charge in [0.1, 0.15) is 0 Å². The van der Waals surface area contributed by atoms with E-state index in [0.29, 0.717) is 13.1 Å². The second-order valence-corrected chi connectivity index (χ2v) is 6.69. The fourth-order valence-corrected chi connectivity index (χ4v) is 4.31. The highest BCUT2D eigenvalue weighted by atomic mass is 32.1. The van der Waals surface area contributed by atoms with Crippen molar-refractivity contribution in [2.75, 3.05) is 13.1 Å². The molecule has 1 saturated heterocycles. The zero-order valence-electron chi connectivity index (χ0n) is 11.6. The van der Waals surface area contributed by atoms with E-state index in [9.17, 15) is 4.79 Å². The Kier molecular flexibility index (Phi) is 3.63. The fraction of sp³-hybridized carbons (Fsp3) is 0.667. The van der Waals surface area contributed by atoms with Gasteiger partial charge in [-0.05, 0) is 45.1 Å². The van der Waals surface area contributed by atoms with Crippen molar-refractivity contribution >= 4 is 17.2 Å². The topological polar surface area (TPSA) is 29.5 Å². The summed E-state index contributed by atoms with van der Waals surface area (Å²) in [6, 6.07) is 0. The Balaban J connectivity index is 1.82. The molecule has 1 aliphatic heterocycles. The van der Waals surface area contributed by atoms with E-state index in [1.165, 1.54) is 23.3 Å². The second-order valence-electron chi connectivity index (χ2n) is 5.73. The highest BCUT2D eigenvalue weighted by Gasteiger charge is 2.29. The molecule has 1 aromatic heterocycles. The molecular formula is C15H21NO2S. The van der Waals surface area contributed by atoms with Crippen molar-refractivity contribution in [3.05, 3.63) is 21.4 Å². The number of hydrogen-bond donors (Lipinski definition) is 0. The lowest BCUT2D eigenvalue weighted by Gasteiger charge is -2.35. The molecule has 2 atom stereocenters. The maximum atomic E-state index is 12.7. The summed E-state index contributed by atoms with van der Waals surface area (Å²) >= 11 is 1.77. The molecule has 1 fully saturated rings. The Morgan fingerprint density at radius 2 is 1.95 bits per heavy atom. The molecule has 0 saturated carbocycles. The first-order valence-electron chi connectivity index (χ1n) is 7.19. The van der Waals surface area contributed by atoms with Crippen LogP contribution in [0.1, 0.15) is 47.5 Å². The second kappa shape index (κ2) is 5.25. The number of morpholine rings is 1. The van der Waals surface area contributed by atoms with Gasteiger partial charge in [0.25, 0.3) is 5.91 Å². The van der Waals surface area contributed by atoms with E-state index < -0.39 is 0 Å². The van der Waals surface area contributed by atoms with E-state index in [1.807, 2.05) is 18.7 Å². The Morgan fingerprint density at radius 1 is 1.26 bits per heavy atom. The third kappa shape index (κ3) is 2.56. The van der Waals surface area contributed by atoms with Gasteiger partial charge in [0.15, 0.2) is 0 Å². The van der Waals surface area contributed by atoms with Gasteiger partial charge in [-0.15, -0.1) is 11.3 Å². The summed E-state index contributed by atoms with van der Waals surface area (Å²) in [7, 11) is 0. The summed E-state index contributed by atoms with van der Waals surface area (Å²) in [5.41, 5.74) is 2.29. The lowest BCUT2D eigenvalue weighted by Crippen LogP contribution is -2.48. The first-order chi connectivity index (χ1) is 9.15. The molecule has 1 aromatic rings. The van der Waals surface area contributed by atoms with Crippen molar-refractivity contribution in [1.29, 1.82) is 0 Å². The lowest BCUT2D eigenvalue weighted by atomic mass is 9.95. The van der Waals surface area contributed by atoms with Gasteiger partial charge in [-0.3, -0.25) is 4.79 Å². The van der Waals surface area contributed by atoms with Crippen LogP contribution in [0, 0.1) is 0 Å². The van der Waals surface area contributed by atoms with Crippen LogP contribution in [0.5, 0.6) is 0 Å². The van der Waals surface area contributed by atoms with Gasteiger partial charge in [-0.1, -0.05) is 0 Å². The van der Waals surface area contributed by atoms with Crippen LogP contribution in [0.2, 0.25) is 0 Å². The smallest absolute Gasteiger partial charge is 0.255 e. The molecule has 3 nitrogen and oxygen atoms in total. The first kappa shape index (κ1) is 13.1. The molecule has 0 N–H and O–H groups in total. The molecule has 2 heterocycles. The summed E-state index contributed by atoms with van der Waals surface area (Å²) in [6.45, 7) is 5.51. The molecule has 1 aliphatic carbocycles. The van der Waals surface area contributed by atoms with Crippen molar-refractivity contribution in [2.24, 2.45) is 0 Å². The molecule has 0 unspecified atom stereocenters. The third-order valence-electron chi connectivity index (χ3n) is 4.00. The average Bonchev–Trinajstić information content (AvgIpc) is 2.80. The maximum absolute atomic E-state index is 12.7. The highest BCUT2D eigenvalue weighted by molar-refractivity contribution is 7.10. The molecule has 0 aromatic carbocycles. The molecule has 3 rings (SSSR count). The van der Waals surface area contributed by atoms with Crippen LogP contribution >= 0.6 is 11.3 Å². The van der Waals surface area contributed by atoms with Crippen molar-refractivity contribution in [1.82, 2.24) is 4.90 Å². The van der Waals surface area contributed by atoms with Gasteiger partial charge in [0.2, 0.25) is 0 Å². The van der Waals surface area contributed by atoms with Crippen LogP contribution in [-0.4, -0.2) is 36.1 Å². The minimum Gasteiger partial charge on any atom is -0.372 e. The summed E-state index contributed by atoms with van der Waals surface area (Å²) in [4.78, 5) is 16.1. The molecule has 0 radical (unpaired) electrons. The van der Waals surface area contributed by atoms with Crippen LogP contribution in [0.4, 0.5) is 0 Å². The molecule has 2 aliphatic rings. The minimum atomic E-state index is 0.141. The number of amides is 1. The highest BCUT2D eigenvalue weighted by Crippen LogP contribution is 2.31. The Morgan fingerprint density at radius 3 is 2.68 bits per heavy atom. The summed E-state index contributed by atoms with van der Waals surface area (Å²) in [5, 5.41) is 2.07. The third-order valence-corrected chi connectivity index (χ3v) is 5.09. The lowest BCUT2D eigenvalue weighted by molar-refractivity contribution is -0.0586. The van der Waals surface area contributed by atoms with Crippen molar-refractivity contribution in [2.45, 2.75) is 51.7 Å². The Bertz CT molecular complexity index is 472. The molecule has 0 bridgehead atoms. The number of hydrogen-bond acceptors (Lipinski definition) is 3. The maximum Gasteiger partial charge on any atom is 0.255 e.